The summed E-state index contributed by atoms with van der Waals surface area (Å²) in [5, 5.41) is 3.35. The summed E-state index contributed by atoms with van der Waals surface area (Å²) in [5.41, 5.74) is 1.24. The molecule has 2 aliphatic rings. The molecule has 26 heavy (non-hydrogen) atoms. The maximum absolute atomic E-state index is 12.3. The molecule has 1 aliphatic heterocycles. The average molecular weight is 359 g/mol. The summed E-state index contributed by atoms with van der Waals surface area (Å²) >= 11 is 0. The highest BCUT2D eigenvalue weighted by atomic mass is 16.5. The molecule has 4 heteroatoms. The van der Waals surface area contributed by atoms with Crippen molar-refractivity contribution in [1.82, 2.24) is 10.2 Å². The first kappa shape index (κ1) is 19.4. The molecule has 0 aromatic heterocycles. The number of carbonyl (C=O) groups excluding carboxylic acids is 1. The van der Waals surface area contributed by atoms with E-state index in [2.05, 4.69) is 41.4 Å². The van der Waals surface area contributed by atoms with Gasteiger partial charge in [-0.05, 0) is 37.2 Å². The van der Waals surface area contributed by atoms with Crippen molar-refractivity contribution in [2.45, 2.75) is 58.1 Å². The number of benzene rings is 1. The zero-order valence-corrected chi connectivity index (χ0v) is 16.2. The summed E-state index contributed by atoms with van der Waals surface area (Å²) in [6, 6.07) is 10.7. The number of nitrogens with one attached hydrogen (secondary N) is 1. The maximum Gasteiger partial charge on any atom is 0.223 e. The second-order valence-corrected chi connectivity index (χ2v) is 7.89. The van der Waals surface area contributed by atoms with Crippen LogP contribution in [0.5, 0.6) is 0 Å². The lowest BCUT2D eigenvalue weighted by Crippen LogP contribution is -2.52. The van der Waals surface area contributed by atoms with Crippen molar-refractivity contribution >= 4 is 5.91 Å². The molecule has 1 heterocycles. The Morgan fingerprint density at radius 1 is 1.23 bits per heavy atom. The first-order valence-corrected chi connectivity index (χ1v) is 10.4. The van der Waals surface area contributed by atoms with Gasteiger partial charge in [0.1, 0.15) is 0 Å². The first-order valence-electron chi connectivity index (χ1n) is 10.4. The number of rotatable bonds is 9. The van der Waals surface area contributed by atoms with Gasteiger partial charge in [-0.3, -0.25) is 4.79 Å². The number of ether oxygens (including phenoxy) is 1. The van der Waals surface area contributed by atoms with E-state index >= 15 is 0 Å². The van der Waals surface area contributed by atoms with Crippen LogP contribution in [0.15, 0.2) is 30.3 Å². The van der Waals surface area contributed by atoms with E-state index in [9.17, 15) is 4.79 Å². The molecular weight excluding hydrogens is 324 g/mol. The highest BCUT2D eigenvalue weighted by molar-refractivity contribution is 5.79. The van der Waals surface area contributed by atoms with Crippen molar-refractivity contribution in [3.63, 3.8) is 0 Å². The van der Waals surface area contributed by atoms with Crippen LogP contribution in [-0.2, 0) is 16.1 Å². The predicted molar refractivity (Wildman–Crippen MR) is 105 cm³/mol. The van der Waals surface area contributed by atoms with Crippen molar-refractivity contribution in [3.05, 3.63) is 35.9 Å². The molecular formula is C22H34N2O2. The van der Waals surface area contributed by atoms with Gasteiger partial charge < -0.3 is 15.0 Å². The molecule has 3 rings (SSSR count). The van der Waals surface area contributed by atoms with Crippen LogP contribution in [0.25, 0.3) is 0 Å². The summed E-state index contributed by atoms with van der Waals surface area (Å²) in [6.45, 7) is 7.04. The highest BCUT2D eigenvalue weighted by Crippen LogP contribution is 2.28. The second-order valence-electron chi connectivity index (χ2n) is 7.89. The van der Waals surface area contributed by atoms with Crippen molar-refractivity contribution in [3.8, 4) is 0 Å². The molecule has 0 radical (unpaired) electrons. The van der Waals surface area contributed by atoms with Crippen molar-refractivity contribution in [2.75, 3.05) is 26.2 Å². The van der Waals surface area contributed by atoms with E-state index in [1.54, 1.807) is 0 Å². The Hall–Kier alpha value is -1.39. The molecule has 1 aromatic rings. The van der Waals surface area contributed by atoms with Crippen molar-refractivity contribution in [1.29, 1.82) is 0 Å². The standard InChI is InChI=1S/C22H34N2O2/c1-2-19-16-24(13-7-15-26-17-18-8-4-3-5-9-18)14-12-21(19)23-22(25)20-10-6-11-20/h3-5,8-9,19-21H,2,6-7,10-17H2,1H3,(H,23,25)/t19-,21+/m1/s1. The van der Waals surface area contributed by atoms with Crippen LogP contribution in [0.3, 0.4) is 0 Å². The Kier molecular flexibility index (Phi) is 7.51. The van der Waals surface area contributed by atoms with Gasteiger partial charge in [-0.2, -0.15) is 0 Å². The van der Waals surface area contributed by atoms with Crippen LogP contribution in [0.1, 0.15) is 51.0 Å². The minimum absolute atomic E-state index is 0.298. The Morgan fingerprint density at radius 2 is 2.04 bits per heavy atom. The van der Waals surface area contributed by atoms with Gasteiger partial charge in [-0.15, -0.1) is 0 Å². The van der Waals surface area contributed by atoms with Crippen LogP contribution in [-0.4, -0.2) is 43.1 Å². The predicted octanol–water partition coefficient (Wildman–Crippen LogP) is 3.61. The lowest BCUT2D eigenvalue weighted by atomic mass is 9.83. The molecule has 2 atom stereocenters. The summed E-state index contributed by atoms with van der Waals surface area (Å²) in [5.74, 6) is 1.19. The fraction of sp³-hybridized carbons (Fsp3) is 0.682. The fourth-order valence-electron chi connectivity index (χ4n) is 4.04. The number of amides is 1. The summed E-state index contributed by atoms with van der Waals surface area (Å²) in [4.78, 5) is 14.8. The minimum Gasteiger partial charge on any atom is -0.377 e. The smallest absolute Gasteiger partial charge is 0.223 e. The van der Waals surface area contributed by atoms with Crippen molar-refractivity contribution < 1.29 is 9.53 Å². The summed E-state index contributed by atoms with van der Waals surface area (Å²) in [6.07, 6.45) is 6.69. The van der Waals surface area contributed by atoms with Gasteiger partial charge in [0.15, 0.2) is 0 Å². The Bertz CT molecular complexity index is 544. The van der Waals surface area contributed by atoms with E-state index in [4.69, 9.17) is 4.74 Å². The van der Waals surface area contributed by atoms with Crippen LogP contribution >= 0.6 is 0 Å². The summed E-state index contributed by atoms with van der Waals surface area (Å²) in [7, 11) is 0. The molecule has 1 N–H and O–H groups in total. The average Bonchev–Trinajstić information content (AvgIpc) is 2.62. The van der Waals surface area contributed by atoms with Crippen LogP contribution in [0, 0.1) is 11.8 Å². The lowest BCUT2D eigenvalue weighted by molar-refractivity contribution is -0.129. The molecule has 0 bridgehead atoms. The zero-order chi connectivity index (χ0) is 18.2. The quantitative estimate of drug-likeness (QED) is 0.686. The van der Waals surface area contributed by atoms with Gasteiger partial charge in [0.05, 0.1) is 6.61 Å². The molecule has 1 saturated carbocycles. The number of piperidine rings is 1. The number of nitrogens with zero attached hydrogens (tertiary/aromatic N) is 1. The minimum atomic E-state index is 0.298. The molecule has 1 amide bonds. The largest absolute Gasteiger partial charge is 0.377 e. The molecule has 4 nitrogen and oxygen atoms in total. The van der Waals surface area contributed by atoms with E-state index < -0.39 is 0 Å². The number of hydrogen-bond acceptors (Lipinski definition) is 3. The van der Waals surface area contributed by atoms with E-state index in [-0.39, 0.29) is 0 Å². The Balaban J connectivity index is 1.32. The van der Waals surface area contributed by atoms with Crippen molar-refractivity contribution in [2.24, 2.45) is 11.8 Å². The molecule has 1 saturated heterocycles. The SMILES string of the molecule is CC[C@@H]1CN(CCCOCc2ccccc2)CC[C@@H]1NC(=O)C1CCC1. The van der Waals surface area contributed by atoms with Gasteiger partial charge >= 0.3 is 0 Å². The van der Waals surface area contributed by atoms with E-state index in [0.717, 1.165) is 58.3 Å². The molecule has 144 valence electrons. The molecule has 0 unspecified atom stereocenters. The van der Waals surface area contributed by atoms with E-state index in [0.29, 0.717) is 30.4 Å². The third-order valence-electron chi connectivity index (χ3n) is 6.02. The molecule has 2 fully saturated rings. The third-order valence-corrected chi connectivity index (χ3v) is 6.02. The van der Waals surface area contributed by atoms with Gasteiger partial charge in [-0.1, -0.05) is 50.1 Å². The monoisotopic (exact) mass is 358 g/mol. The van der Waals surface area contributed by atoms with Gasteiger partial charge in [-0.25, -0.2) is 0 Å². The fourth-order valence-corrected chi connectivity index (χ4v) is 4.04. The van der Waals surface area contributed by atoms with Crippen LogP contribution < -0.4 is 5.32 Å². The first-order chi connectivity index (χ1) is 12.8. The van der Waals surface area contributed by atoms with Gasteiger partial charge in [0.2, 0.25) is 5.91 Å². The Morgan fingerprint density at radius 3 is 2.73 bits per heavy atom. The van der Waals surface area contributed by atoms with Crippen LogP contribution in [0.2, 0.25) is 0 Å². The van der Waals surface area contributed by atoms with Gasteiger partial charge in [0.25, 0.3) is 0 Å². The van der Waals surface area contributed by atoms with Crippen LogP contribution in [0.4, 0.5) is 0 Å². The highest BCUT2D eigenvalue weighted by Gasteiger charge is 2.32. The normalized spacial score (nSPS) is 24.2. The molecule has 1 aliphatic carbocycles. The maximum atomic E-state index is 12.3. The zero-order valence-electron chi connectivity index (χ0n) is 16.2. The number of hydrogen-bond donors (Lipinski definition) is 1. The molecule has 0 spiro atoms. The third kappa shape index (κ3) is 5.55. The lowest BCUT2D eigenvalue weighted by Gasteiger charge is -2.39. The number of carbonyl (C=O) groups is 1. The number of likely N-dealkylation sites (tertiary alicyclic amines) is 1. The van der Waals surface area contributed by atoms with Gasteiger partial charge in [0, 0.05) is 38.2 Å². The van der Waals surface area contributed by atoms with E-state index in [1.807, 2.05) is 6.07 Å². The summed E-state index contributed by atoms with van der Waals surface area (Å²) < 4.78 is 5.80. The molecule has 1 aromatic carbocycles. The van der Waals surface area contributed by atoms with E-state index in [1.165, 1.54) is 12.0 Å². The topological polar surface area (TPSA) is 41.6 Å². The Labute approximate surface area is 158 Å². The second kappa shape index (κ2) is 10.1.